The first-order chi connectivity index (χ1) is 18.6. The van der Waals surface area contributed by atoms with E-state index in [2.05, 4.69) is 29.8 Å². The van der Waals surface area contributed by atoms with Crippen LogP contribution in [0.3, 0.4) is 0 Å². The Hall–Kier alpha value is -3.23. The Kier molecular flexibility index (Phi) is 10.7. The standard InChI is InChI=1S/C30H44N4O5/c1-5-20(2)18-23-10-12-24(13-11-23)33-26(36)22(4)32-29(39)30(14-9-15-30)28(38)31-16-7-6-8-17-34-25(35)19-21(3)27(34)37/h10-13,20-22H,5-9,14-19H2,1-4H3,(H,31,38)(H,32,39)(H,33,36)/t20?,21?,22-/m0/s1. The van der Waals surface area contributed by atoms with Gasteiger partial charge in [0.1, 0.15) is 11.5 Å². The van der Waals surface area contributed by atoms with Crippen molar-refractivity contribution in [2.75, 3.05) is 18.4 Å². The number of carbonyl (C=O) groups excluding carboxylic acids is 5. The fourth-order valence-corrected chi connectivity index (χ4v) is 5.04. The minimum Gasteiger partial charge on any atom is -0.355 e. The zero-order valence-electron chi connectivity index (χ0n) is 23.8. The molecule has 1 aliphatic heterocycles. The van der Waals surface area contributed by atoms with E-state index in [9.17, 15) is 24.0 Å². The van der Waals surface area contributed by atoms with Crippen molar-refractivity contribution in [1.82, 2.24) is 15.5 Å². The lowest BCUT2D eigenvalue weighted by atomic mass is 9.67. The van der Waals surface area contributed by atoms with Crippen LogP contribution in [0.15, 0.2) is 24.3 Å². The summed E-state index contributed by atoms with van der Waals surface area (Å²) in [5.41, 5.74) is 0.739. The largest absolute Gasteiger partial charge is 0.355 e. The molecule has 1 aliphatic carbocycles. The summed E-state index contributed by atoms with van der Waals surface area (Å²) in [6.45, 7) is 8.58. The normalized spacial score (nSPS) is 19.7. The topological polar surface area (TPSA) is 125 Å². The van der Waals surface area contributed by atoms with Gasteiger partial charge < -0.3 is 16.0 Å². The van der Waals surface area contributed by atoms with Gasteiger partial charge in [0, 0.05) is 31.1 Å². The number of benzene rings is 1. The van der Waals surface area contributed by atoms with Crippen LogP contribution in [0.25, 0.3) is 0 Å². The minimum absolute atomic E-state index is 0.107. The second kappa shape index (κ2) is 13.7. The van der Waals surface area contributed by atoms with Crippen molar-refractivity contribution in [3.8, 4) is 0 Å². The summed E-state index contributed by atoms with van der Waals surface area (Å²) >= 11 is 0. The number of rotatable bonds is 14. The van der Waals surface area contributed by atoms with Crippen LogP contribution in [0, 0.1) is 17.3 Å². The molecule has 3 rings (SSSR count). The van der Waals surface area contributed by atoms with Crippen molar-refractivity contribution < 1.29 is 24.0 Å². The highest BCUT2D eigenvalue weighted by Crippen LogP contribution is 2.41. The number of hydrogen-bond acceptors (Lipinski definition) is 5. The first kappa shape index (κ1) is 30.3. The lowest BCUT2D eigenvalue weighted by molar-refractivity contribution is -0.150. The van der Waals surface area contributed by atoms with Gasteiger partial charge in [-0.2, -0.15) is 0 Å². The molecule has 5 amide bonds. The molecule has 1 aromatic carbocycles. The highest BCUT2D eigenvalue weighted by molar-refractivity contribution is 6.07. The molecule has 9 nitrogen and oxygen atoms in total. The first-order valence-corrected chi connectivity index (χ1v) is 14.4. The average molecular weight is 541 g/mol. The summed E-state index contributed by atoms with van der Waals surface area (Å²) in [5.74, 6) is -0.925. The monoisotopic (exact) mass is 540 g/mol. The summed E-state index contributed by atoms with van der Waals surface area (Å²) in [6.07, 6.45) is 6.18. The van der Waals surface area contributed by atoms with Crippen LogP contribution >= 0.6 is 0 Å². The maximum atomic E-state index is 13.1. The van der Waals surface area contributed by atoms with Gasteiger partial charge in [0.15, 0.2) is 0 Å². The summed E-state index contributed by atoms with van der Waals surface area (Å²) in [4.78, 5) is 63.9. The molecule has 2 unspecified atom stereocenters. The van der Waals surface area contributed by atoms with Crippen molar-refractivity contribution in [2.45, 2.75) is 91.5 Å². The number of nitrogens with zero attached hydrogens (tertiary/aromatic N) is 1. The molecule has 1 saturated heterocycles. The molecule has 2 fully saturated rings. The molecule has 1 heterocycles. The Morgan fingerprint density at radius 1 is 1.03 bits per heavy atom. The number of unbranched alkanes of at least 4 members (excludes halogenated alkanes) is 2. The highest BCUT2D eigenvalue weighted by Gasteiger charge is 2.51. The van der Waals surface area contributed by atoms with E-state index >= 15 is 0 Å². The quantitative estimate of drug-likeness (QED) is 0.189. The van der Waals surface area contributed by atoms with Gasteiger partial charge in [0.25, 0.3) is 0 Å². The van der Waals surface area contributed by atoms with Gasteiger partial charge in [-0.25, -0.2) is 0 Å². The van der Waals surface area contributed by atoms with Crippen LogP contribution in [0.5, 0.6) is 0 Å². The summed E-state index contributed by atoms with van der Waals surface area (Å²) in [6, 6.07) is 6.95. The molecule has 1 aromatic rings. The van der Waals surface area contributed by atoms with E-state index in [0.717, 1.165) is 25.7 Å². The number of hydrogen-bond donors (Lipinski definition) is 3. The van der Waals surface area contributed by atoms with Crippen molar-refractivity contribution >= 4 is 35.2 Å². The Balaban J connectivity index is 1.40. The Labute approximate surface area is 231 Å². The molecule has 214 valence electrons. The van der Waals surface area contributed by atoms with Crippen LogP contribution in [0.2, 0.25) is 0 Å². The van der Waals surface area contributed by atoms with Gasteiger partial charge in [-0.1, -0.05) is 45.7 Å². The van der Waals surface area contributed by atoms with E-state index < -0.39 is 17.4 Å². The van der Waals surface area contributed by atoms with Crippen molar-refractivity contribution in [3.63, 3.8) is 0 Å². The van der Waals surface area contributed by atoms with Crippen LogP contribution < -0.4 is 16.0 Å². The molecular weight excluding hydrogens is 496 g/mol. The molecule has 9 heteroatoms. The summed E-state index contributed by atoms with van der Waals surface area (Å²) < 4.78 is 0. The fraction of sp³-hybridized carbons (Fsp3) is 0.633. The number of imide groups is 1. The van der Waals surface area contributed by atoms with Crippen LogP contribution in [-0.4, -0.2) is 53.6 Å². The molecular formula is C30H44N4O5. The van der Waals surface area contributed by atoms with E-state index in [-0.39, 0.29) is 36.0 Å². The Bertz CT molecular complexity index is 1050. The molecule has 3 atom stereocenters. The minimum atomic E-state index is -1.14. The second-order valence-electron chi connectivity index (χ2n) is 11.3. The molecule has 3 N–H and O–H groups in total. The van der Waals surface area contributed by atoms with E-state index in [0.29, 0.717) is 50.4 Å². The Morgan fingerprint density at radius 3 is 2.28 bits per heavy atom. The lowest BCUT2D eigenvalue weighted by Crippen LogP contribution is -2.58. The van der Waals surface area contributed by atoms with E-state index in [4.69, 9.17) is 0 Å². The Morgan fingerprint density at radius 2 is 1.72 bits per heavy atom. The SMILES string of the molecule is CCC(C)Cc1ccc(NC(=O)[C@H](C)NC(=O)C2(C(=O)NCCCCCN3C(=O)CC(C)C3=O)CCC2)cc1. The smallest absolute Gasteiger partial charge is 0.246 e. The number of anilines is 1. The van der Waals surface area contributed by atoms with Crippen LogP contribution in [-0.2, 0) is 30.4 Å². The lowest BCUT2D eigenvalue weighted by Gasteiger charge is -2.39. The second-order valence-corrected chi connectivity index (χ2v) is 11.3. The average Bonchev–Trinajstić information content (AvgIpc) is 3.11. The van der Waals surface area contributed by atoms with Crippen LogP contribution in [0.1, 0.15) is 84.6 Å². The van der Waals surface area contributed by atoms with Gasteiger partial charge in [0.2, 0.25) is 29.5 Å². The van der Waals surface area contributed by atoms with Gasteiger partial charge >= 0.3 is 0 Å². The molecule has 2 aliphatic rings. The van der Waals surface area contributed by atoms with Gasteiger partial charge in [-0.3, -0.25) is 28.9 Å². The zero-order chi connectivity index (χ0) is 28.6. The first-order valence-electron chi connectivity index (χ1n) is 14.4. The van der Waals surface area contributed by atoms with E-state index in [1.165, 1.54) is 10.5 Å². The van der Waals surface area contributed by atoms with Crippen molar-refractivity contribution in [3.05, 3.63) is 29.8 Å². The number of nitrogens with one attached hydrogen (secondary N) is 3. The van der Waals surface area contributed by atoms with E-state index in [1.54, 1.807) is 13.8 Å². The third-order valence-electron chi connectivity index (χ3n) is 8.13. The number of likely N-dealkylation sites (tertiary alicyclic amines) is 1. The van der Waals surface area contributed by atoms with Crippen molar-refractivity contribution in [2.24, 2.45) is 17.3 Å². The molecule has 39 heavy (non-hydrogen) atoms. The van der Waals surface area contributed by atoms with Crippen LogP contribution in [0.4, 0.5) is 5.69 Å². The van der Waals surface area contributed by atoms with Gasteiger partial charge in [-0.15, -0.1) is 0 Å². The molecule has 0 spiro atoms. The van der Waals surface area contributed by atoms with Gasteiger partial charge in [0.05, 0.1) is 0 Å². The highest BCUT2D eigenvalue weighted by atomic mass is 16.2. The van der Waals surface area contributed by atoms with Gasteiger partial charge in [-0.05, 0) is 69.1 Å². The third-order valence-corrected chi connectivity index (χ3v) is 8.13. The molecule has 0 bridgehead atoms. The predicted molar refractivity (Wildman–Crippen MR) is 149 cm³/mol. The fourth-order valence-electron chi connectivity index (χ4n) is 5.04. The maximum absolute atomic E-state index is 13.1. The zero-order valence-corrected chi connectivity index (χ0v) is 23.8. The van der Waals surface area contributed by atoms with Crippen molar-refractivity contribution in [1.29, 1.82) is 0 Å². The third kappa shape index (κ3) is 7.67. The maximum Gasteiger partial charge on any atom is 0.246 e. The molecule has 0 radical (unpaired) electrons. The predicted octanol–water partition coefficient (Wildman–Crippen LogP) is 3.57. The molecule has 1 saturated carbocycles. The number of carbonyl (C=O) groups is 5. The summed E-state index contributed by atoms with van der Waals surface area (Å²) in [7, 11) is 0. The summed E-state index contributed by atoms with van der Waals surface area (Å²) in [5, 5.41) is 8.46. The number of amides is 5. The van der Waals surface area contributed by atoms with E-state index in [1.807, 2.05) is 24.3 Å². The molecule has 0 aromatic heterocycles.